The van der Waals surface area contributed by atoms with Gasteiger partial charge in [0, 0.05) is 13.2 Å². The topological polar surface area (TPSA) is 21.3 Å². The second-order valence-electron chi connectivity index (χ2n) is 6.31. The average Bonchev–Trinajstić information content (AvgIpc) is 3.21. The van der Waals surface area contributed by atoms with Gasteiger partial charge >= 0.3 is 0 Å². The first kappa shape index (κ1) is 14.3. The van der Waals surface area contributed by atoms with Gasteiger partial charge in [-0.15, -0.1) is 0 Å². The maximum absolute atomic E-state index is 6.06. The molecule has 2 nitrogen and oxygen atoms in total. The van der Waals surface area contributed by atoms with Crippen molar-refractivity contribution in [1.82, 2.24) is 5.32 Å². The van der Waals surface area contributed by atoms with E-state index in [2.05, 4.69) is 12.2 Å². The Morgan fingerprint density at radius 1 is 1.17 bits per heavy atom. The van der Waals surface area contributed by atoms with E-state index < -0.39 is 0 Å². The van der Waals surface area contributed by atoms with Crippen LogP contribution in [0.4, 0.5) is 0 Å². The molecule has 2 saturated carbocycles. The van der Waals surface area contributed by atoms with Crippen molar-refractivity contribution >= 4 is 0 Å². The third-order valence-electron chi connectivity index (χ3n) is 5.00. The van der Waals surface area contributed by atoms with E-state index >= 15 is 0 Å². The molecule has 2 aliphatic carbocycles. The van der Waals surface area contributed by atoms with E-state index in [9.17, 15) is 0 Å². The lowest BCUT2D eigenvalue weighted by Crippen LogP contribution is -2.52. The van der Waals surface area contributed by atoms with Crippen LogP contribution >= 0.6 is 0 Å². The number of ether oxygens (including phenoxy) is 1. The van der Waals surface area contributed by atoms with Crippen molar-refractivity contribution in [2.45, 2.75) is 82.8 Å². The zero-order valence-electron chi connectivity index (χ0n) is 12.3. The molecule has 18 heavy (non-hydrogen) atoms. The molecule has 2 rings (SSSR count). The number of likely N-dealkylation sites (N-methyl/N-ethyl adjacent to an activating group) is 1. The standard InChI is InChI=1S/C16H31NO/c1-3-17-15(11-10-14-8-9-14)16(18-2)12-6-4-5-7-13-16/h14-15,17H,3-13H2,1-2H3. The summed E-state index contributed by atoms with van der Waals surface area (Å²) in [5.74, 6) is 1.03. The van der Waals surface area contributed by atoms with Crippen molar-refractivity contribution in [1.29, 1.82) is 0 Å². The Labute approximate surface area is 113 Å². The molecule has 0 aromatic heterocycles. The number of rotatable bonds is 7. The van der Waals surface area contributed by atoms with Gasteiger partial charge in [-0.25, -0.2) is 0 Å². The van der Waals surface area contributed by atoms with E-state index in [4.69, 9.17) is 4.74 Å². The Balaban J connectivity index is 1.97. The lowest BCUT2D eigenvalue weighted by atomic mass is 9.83. The minimum Gasteiger partial charge on any atom is -0.377 e. The first-order chi connectivity index (χ1) is 8.80. The minimum atomic E-state index is 0.126. The molecule has 0 spiro atoms. The van der Waals surface area contributed by atoms with E-state index in [-0.39, 0.29) is 5.60 Å². The highest BCUT2D eigenvalue weighted by molar-refractivity contribution is 4.95. The van der Waals surface area contributed by atoms with Gasteiger partial charge in [0.25, 0.3) is 0 Å². The molecule has 1 unspecified atom stereocenters. The summed E-state index contributed by atoms with van der Waals surface area (Å²) < 4.78 is 6.06. The Morgan fingerprint density at radius 3 is 2.33 bits per heavy atom. The lowest BCUT2D eigenvalue weighted by Gasteiger charge is -2.40. The van der Waals surface area contributed by atoms with Crippen molar-refractivity contribution in [3.63, 3.8) is 0 Å². The third kappa shape index (κ3) is 3.71. The normalized spacial score (nSPS) is 25.7. The van der Waals surface area contributed by atoms with E-state index in [0.717, 1.165) is 12.5 Å². The van der Waals surface area contributed by atoms with Crippen LogP contribution in [-0.2, 0) is 4.74 Å². The molecule has 2 fully saturated rings. The molecule has 0 heterocycles. The molecule has 0 radical (unpaired) electrons. The van der Waals surface area contributed by atoms with E-state index in [1.807, 2.05) is 7.11 Å². The summed E-state index contributed by atoms with van der Waals surface area (Å²) in [4.78, 5) is 0. The smallest absolute Gasteiger partial charge is 0.0830 e. The van der Waals surface area contributed by atoms with Gasteiger partial charge in [-0.05, 0) is 38.1 Å². The number of hydrogen-bond donors (Lipinski definition) is 1. The van der Waals surface area contributed by atoms with E-state index in [0.29, 0.717) is 6.04 Å². The molecule has 106 valence electrons. The fourth-order valence-corrected chi connectivity index (χ4v) is 3.63. The molecular formula is C16H31NO. The van der Waals surface area contributed by atoms with Crippen molar-refractivity contribution in [2.24, 2.45) is 5.92 Å². The van der Waals surface area contributed by atoms with Gasteiger partial charge in [-0.3, -0.25) is 0 Å². The average molecular weight is 253 g/mol. The van der Waals surface area contributed by atoms with E-state index in [1.54, 1.807) is 0 Å². The highest BCUT2D eigenvalue weighted by Gasteiger charge is 2.39. The molecule has 2 aliphatic rings. The van der Waals surface area contributed by atoms with Crippen LogP contribution in [0.3, 0.4) is 0 Å². The summed E-state index contributed by atoms with van der Waals surface area (Å²) in [5, 5.41) is 3.73. The van der Waals surface area contributed by atoms with Crippen molar-refractivity contribution < 1.29 is 4.74 Å². The number of hydrogen-bond acceptors (Lipinski definition) is 2. The zero-order chi connectivity index (χ0) is 12.8. The lowest BCUT2D eigenvalue weighted by molar-refractivity contribution is -0.0550. The van der Waals surface area contributed by atoms with Crippen LogP contribution < -0.4 is 5.32 Å². The Kier molecular flexibility index (Phi) is 5.50. The van der Waals surface area contributed by atoms with Crippen LogP contribution in [0.15, 0.2) is 0 Å². The maximum Gasteiger partial charge on any atom is 0.0830 e. The molecule has 0 aromatic rings. The quantitative estimate of drug-likeness (QED) is 0.695. The van der Waals surface area contributed by atoms with Crippen molar-refractivity contribution in [3.8, 4) is 0 Å². The molecule has 1 atom stereocenters. The summed E-state index contributed by atoms with van der Waals surface area (Å²) in [6.45, 7) is 3.30. The Bertz CT molecular complexity index is 229. The maximum atomic E-state index is 6.06. The fourth-order valence-electron chi connectivity index (χ4n) is 3.63. The monoisotopic (exact) mass is 253 g/mol. The summed E-state index contributed by atoms with van der Waals surface area (Å²) >= 11 is 0. The predicted molar refractivity (Wildman–Crippen MR) is 76.9 cm³/mol. The Morgan fingerprint density at radius 2 is 1.83 bits per heavy atom. The molecule has 1 N–H and O–H groups in total. The molecule has 0 aromatic carbocycles. The molecule has 2 heteroatoms. The number of methoxy groups -OCH3 is 1. The van der Waals surface area contributed by atoms with Gasteiger partial charge < -0.3 is 10.1 Å². The highest BCUT2D eigenvalue weighted by Crippen LogP contribution is 2.38. The zero-order valence-corrected chi connectivity index (χ0v) is 12.3. The van der Waals surface area contributed by atoms with Crippen LogP contribution in [0.2, 0.25) is 0 Å². The van der Waals surface area contributed by atoms with Gasteiger partial charge in [0.15, 0.2) is 0 Å². The summed E-state index contributed by atoms with van der Waals surface area (Å²) in [6, 6.07) is 0.575. The van der Waals surface area contributed by atoms with Crippen molar-refractivity contribution in [3.05, 3.63) is 0 Å². The predicted octanol–water partition coefficient (Wildman–Crippen LogP) is 3.89. The summed E-state index contributed by atoms with van der Waals surface area (Å²) in [5.41, 5.74) is 0.126. The molecular weight excluding hydrogens is 222 g/mol. The van der Waals surface area contributed by atoms with Gasteiger partial charge in [-0.2, -0.15) is 0 Å². The molecule has 0 bridgehead atoms. The summed E-state index contributed by atoms with van der Waals surface area (Å²) in [7, 11) is 1.94. The second kappa shape index (κ2) is 6.91. The van der Waals surface area contributed by atoms with E-state index in [1.165, 1.54) is 64.2 Å². The highest BCUT2D eigenvalue weighted by atomic mass is 16.5. The molecule has 0 saturated heterocycles. The van der Waals surface area contributed by atoms with Crippen LogP contribution in [-0.4, -0.2) is 25.3 Å². The largest absolute Gasteiger partial charge is 0.377 e. The third-order valence-corrected chi connectivity index (χ3v) is 5.00. The molecule has 0 amide bonds. The Hall–Kier alpha value is -0.0800. The van der Waals surface area contributed by atoms with Crippen molar-refractivity contribution in [2.75, 3.05) is 13.7 Å². The fraction of sp³-hybridized carbons (Fsp3) is 1.00. The minimum absolute atomic E-state index is 0.126. The first-order valence-electron chi connectivity index (χ1n) is 8.09. The number of nitrogens with one attached hydrogen (secondary N) is 1. The van der Waals surface area contributed by atoms with Gasteiger partial charge in [0.1, 0.15) is 0 Å². The SMILES string of the molecule is CCNC(CCC1CC1)C1(OC)CCCCCC1. The van der Waals surface area contributed by atoms with Crippen LogP contribution in [0, 0.1) is 5.92 Å². The van der Waals surface area contributed by atoms with Crippen LogP contribution in [0.25, 0.3) is 0 Å². The van der Waals surface area contributed by atoms with Gasteiger partial charge in [0.2, 0.25) is 0 Å². The van der Waals surface area contributed by atoms with Crippen LogP contribution in [0.5, 0.6) is 0 Å². The first-order valence-corrected chi connectivity index (χ1v) is 8.09. The van der Waals surface area contributed by atoms with Gasteiger partial charge in [0.05, 0.1) is 5.60 Å². The molecule has 0 aliphatic heterocycles. The van der Waals surface area contributed by atoms with Gasteiger partial charge in [-0.1, -0.05) is 45.4 Å². The summed E-state index contributed by atoms with van der Waals surface area (Å²) in [6.07, 6.45) is 13.7. The second-order valence-corrected chi connectivity index (χ2v) is 6.31. The van der Waals surface area contributed by atoms with Crippen LogP contribution in [0.1, 0.15) is 71.1 Å².